The van der Waals surface area contributed by atoms with Crippen molar-refractivity contribution in [3.8, 4) is 0 Å². The van der Waals surface area contributed by atoms with Crippen LogP contribution in [0.4, 0.5) is 0 Å². The Bertz CT molecular complexity index is 354. The number of nitrogens with two attached hydrogens (primary N) is 1. The topological polar surface area (TPSA) is 60.0 Å². The Balaban J connectivity index is 1.85. The molecular weight excluding hydrogens is 214 g/mol. The SMILES string of the molecule is CCCn1ncnc1CN1CC(N)(CCC)C1. The van der Waals surface area contributed by atoms with E-state index in [1.165, 1.54) is 0 Å². The fourth-order valence-corrected chi connectivity index (χ4v) is 2.62. The van der Waals surface area contributed by atoms with E-state index in [0.29, 0.717) is 0 Å². The van der Waals surface area contributed by atoms with E-state index in [1.54, 1.807) is 6.33 Å². The molecule has 1 aliphatic heterocycles. The van der Waals surface area contributed by atoms with Crippen molar-refractivity contribution in [2.45, 2.75) is 51.7 Å². The molecule has 1 fully saturated rings. The maximum Gasteiger partial charge on any atom is 0.141 e. The van der Waals surface area contributed by atoms with E-state index in [0.717, 1.165) is 51.3 Å². The van der Waals surface area contributed by atoms with Crippen LogP contribution in [0.2, 0.25) is 0 Å². The lowest BCUT2D eigenvalue weighted by atomic mass is 9.86. The molecule has 1 aromatic heterocycles. The standard InChI is InChI=1S/C12H23N5/c1-3-5-12(13)8-16(9-12)7-11-14-10-15-17(11)6-4-2/h10H,3-9,13H2,1-2H3. The maximum atomic E-state index is 6.24. The summed E-state index contributed by atoms with van der Waals surface area (Å²) >= 11 is 0. The summed E-state index contributed by atoms with van der Waals surface area (Å²) in [6, 6.07) is 0. The van der Waals surface area contributed by atoms with Crippen LogP contribution < -0.4 is 5.73 Å². The van der Waals surface area contributed by atoms with Gasteiger partial charge >= 0.3 is 0 Å². The molecule has 0 spiro atoms. The second-order valence-corrected chi connectivity index (χ2v) is 5.16. The van der Waals surface area contributed by atoms with Crippen LogP contribution in [0.25, 0.3) is 0 Å². The number of hydrogen-bond donors (Lipinski definition) is 1. The van der Waals surface area contributed by atoms with Crippen molar-refractivity contribution in [2.75, 3.05) is 13.1 Å². The van der Waals surface area contributed by atoms with Crippen LogP contribution in [-0.2, 0) is 13.1 Å². The Kier molecular flexibility index (Phi) is 3.79. The van der Waals surface area contributed by atoms with Crippen molar-refractivity contribution in [1.29, 1.82) is 0 Å². The summed E-state index contributed by atoms with van der Waals surface area (Å²) in [6.45, 7) is 8.14. The van der Waals surface area contributed by atoms with Gasteiger partial charge in [0.1, 0.15) is 12.2 Å². The molecule has 1 aromatic rings. The number of aryl methyl sites for hydroxylation is 1. The first-order valence-electron chi connectivity index (χ1n) is 6.55. The minimum Gasteiger partial charge on any atom is -0.323 e. The van der Waals surface area contributed by atoms with Gasteiger partial charge in [-0.25, -0.2) is 9.67 Å². The number of hydrogen-bond acceptors (Lipinski definition) is 4. The molecule has 2 heterocycles. The average Bonchev–Trinajstić information content (AvgIpc) is 2.65. The van der Waals surface area contributed by atoms with Gasteiger partial charge in [-0.15, -0.1) is 0 Å². The van der Waals surface area contributed by atoms with Gasteiger partial charge in [-0.2, -0.15) is 5.10 Å². The average molecular weight is 237 g/mol. The molecule has 1 saturated heterocycles. The van der Waals surface area contributed by atoms with Crippen molar-refractivity contribution in [3.63, 3.8) is 0 Å². The smallest absolute Gasteiger partial charge is 0.141 e. The summed E-state index contributed by atoms with van der Waals surface area (Å²) in [5.74, 6) is 1.06. The van der Waals surface area contributed by atoms with Crippen molar-refractivity contribution < 1.29 is 0 Å². The minimum atomic E-state index is 0.0460. The van der Waals surface area contributed by atoms with E-state index in [9.17, 15) is 0 Å². The summed E-state index contributed by atoms with van der Waals surface area (Å²) in [5.41, 5.74) is 6.29. The first-order chi connectivity index (χ1) is 8.17. The van der Waals surface area contributed by atoms with Crippen molar-refractivity contribution >= 4 is 0 Å². The van der Waals surface area contributed by atoms with Crippen LogP contribution >= 0.6 is 0 Å². The molecule has 1 aliphatic rings. The molecule has 0 aromatic carbocycles. The molecule has 0 aliphatic carbocycles. The van der Waals surface area contributed by atoms with Crippen LogP contribution in [0.1, 0.15) is 38.9 Å². The Morgan fingerprint density at radius 2 is 2.12 bits per heavy atom. The molecule has 0 saturated carbocycles. The summed E-state index contributed by atoms with van der Waals surface area (Å²) in [4.78, 5) is 6.67. The predicted octanol–water partition coefficient (Wildman–Crippen LogP) is 1.00. The highest BCUT2D eigenvalue weighted by Gasteiger charge is 2.38. The zero-order valence-electron chi connectivity index (χ0n) is 10.9. The molecule has 2 rings (SSSR count). The highest BCUT2D eigenvalue weighted by atomic mass is 15.4. The quantitative estimate of drug-likeness (QED) is 0.802. The Labute approximate surface area is 103 Å². The minimum absolute atomic E-state index is 0.0460. The molecule has 0 bridgehead atoms. The monoisotopic (exact) mass is 237 g/mol. The first kappa shape index (κ1) is 12.5. The highest BCUT2D eigenvalue weighted by Crippen LogP contribution is 2.24. The van der Waals surface area contributed by atoms with E-state index >= 15 is 0 Å². The lowest BCUT2D eigenvalue weighted by Crippen LogP contribution is -2.66. The summed E-state index contributed by atoms with van der Waals surface area (Å²) in [5, 5.41) is 4.24. The molecule has 5 heteroatoms. The zero-order chi connectivity index (χ0) is 12.3. The largest absolute Gasteiger partial charge is 0.323 e. The van der Waals surface area contributed by atoms with E-state index in [2.05, 4.69) is 28.8 Å². The third-order valence-corrected chi connectivity index (χ3v) is 3.32. The second kappa shape index (κ2) is 5.14. The number of nitrogens with zero attached hydrogens (tertiary/aromatic N) is 4. The van der Waals surface area contributed by atoms with E-state index in [-0.39, 0.29) is 5.54 Å². The van der Waals surface area contributed by atoms with Gasteiger partial charge in [-0.05, 0) is 12.8 Å². The van der Waals surface area contributed by atoms with E-state index < -0.39 is 0 Å². The normalized spacial score (nSPS) is 19.2. The van der Waals surface area contributed by atoms with Gasteiger partial charge in [-0.3, -0.25) is 4.90 Å². The lowest BCUT2D eigenvalue weighted by Gasteiger charge is -2.47. The van der Waals surface area contributed by atoms with Gasteiger partial charge in [0.15, 0.2) is 0 Å². The Morgan fingerprint density at radius 1 is 1.35 bits per heavy atom. The zero-order valence-corrected chi connectivity index (χ0v) is 10.9. The molecule has 0 radical (unpaired) electrons. The fraction of sp³-hybridized carbons (Fsp3) is 0.833. The van der Waals surface area contributed by atoms with Gasteiger partial charge in [0.2, 0.25) is 0 Å². The Hall–Kier alpha value is -0.940. The van der Waals surface area contributed by atoms with Gasteiger partial charge in [-0.1, -0.05) is 20.3 Å². The predicted molar refractivity (Wildman–Crippen MR) is 67.4 cm³/mol. The molecule has 2 N–H and O–H groups in total. The van der Waals surface area contributed by atoms with Crippen LogP contribution in [0.5, 0.6) is 0 Å². The number of rotatable bonds is 6. The summed E-state index contributed by atoms with van der Waals surface area (Å²) in [7, 11) is 0. The summed E-state index contributed by atoms with van der Waals surface area (Å²) in [6.07, 6.45) is 5.01. The molecule has 0 amide bonds. The van der Waals surface area contributed by atoms with Crippen LogP contribution in [0, 0.1) is 0 Å². The van der Waals surface area contributed by atoms with E-state index in [4.69, 9.17) is 5.73 Å². The van der Waals surface area contributed by atoms with Crippen molar-refractivity contribution in [1.82, 2.24) is 19.7 Å². The lowest BCUT2D eigenvalue weighted by molar-refractivity contribution is 0.0530. The Morgan fingerprint density at radius 3 is 2.76 bits per heavy atom. The molecular formula is C12H23N5. The molecule has 0 atom stereocenters. The molecule has 0 unspecified atom stereocenters. The van der Waals surface area contributed by atoms with Crippen LogP contribution in [0.3, 0.4) is 0 Å². The third kappa shape index (κ3) is 2.84. The third-order valence-electron chi connectivity index (χ3n) is 3.32. The first-order valence-corrected chi connectivity index (χ1v) is 6.55. The van der Waals surface area contributed by atoms with E-state index in [1.807, 2.05) is 4.68 Å². The fourth-order valence-electron chi connectivity index (χ4n) is 2.62. The van der Waals surface area contributed by atoms with Crippen LogP contribution in [-0.4, -0.2) is 38.3 Å². The van der Waals surface area contributed by atoms with Crippen LogP contribution in [0.15, 0.2) is 6.33 Å². The van der Waals surface area contributed by atoms with Gasteiger partial charge in [0, 0.05) is 25.2 Å². The molecule has 17 heavy (non-hydrogen) atoms. The van der Waals surface area contributed by atoms with Crippen molar-refractivity contribution in [2.24, 2.45) is 5.73 Å². The molecule has 5 nitrogen and oxygen atoms in total. The van der Waals surface area contributed by atoms with Crippen molar-refractivity contribution in [3.05, 3.63) is 12.2 Å². The summed E-state index contributed by atoms with van der Waals surface area (Å²) < 4.78 is 2.00. The molecule has 96 valence electrons. The maximum absolute atomic E-state index is 6.24. The highest BCUT2D eigenvalue weighted by molar-refractivity contribution is 5.01. The van der Waals surface area contributed by atoms with Gasteiger partial charge in [0.05, 0.1) is 6.54 Å². The van der Waals surface area contributed by atoms with Gasteiger partial charge in [0.25, 0.3) is 0 Å². The van der Waals surface area contributed by atoms with Gasteiger partial charge < -0.3 is 5.73 Å². The number of aromatic nitrogens is 3. The second-order valence-electron chi connectivity index (χ2n) is 5.16. The number of likely N-dealkylation sites (tertiary alicyclic amines) is 1.